The van der Waals surface area contributed by atoms with Gasteiger partial charge in [-0.25, -0.2) is 0 Å². The van der Waals surface area contributed by atoms with Gasteiger partial charge in [-0.1, -0.05) is 53.0 Å². The topological polar surface area (TPSA) is 47.6 Å². The molecule has 0 saturated carbocycles. The molecule has 0 aliphatic carbocycles. The molecule has 0 unspecified atom stereocenters. The predicted octanol–water partition coefficient (Wildman–Crippen LogP) is 6.75. The smallest absolute Gasteiger partial charge is 0.255 e. The first-order chi connectivity index (χ1) is 13.9. The first-order valence-corrected chi connectivity index (χ1v) is 10.5. The summed E-state index contributed by atoms with van der Waals surface area (Å²) in [4.78, 5) is 12.7. The lowest BCUT2D eigenvalue weighted by molar-refractivity contribution is 0.102. The number of hydrogen-bond donors (Lipinski definition) is 1. The highest BCUT2D eigenvalue weighted by Crippen LogP contribution is 2.35. The van der Waals surface area contributed by atoms with E-state index in [9.17, 15) is 4.79 Å². The van der Waals surface area contributed by atoms with E-state index in [0.29, 0.717) is 39.4 Å². The largest absolute Gasteiger partial charge is 0.493 e. The van der Waals surface area contributed by atoms with Crippen molar-refractivity contribution in [3.05, 3.63) is 84.9 Å². The quantitative estimate of drug-likeness (QED) is 0.351. The predicted molar refractivity (Wildman–Crippen MR) is 126 cm³/mol. The van der Waals surface area contributed by atoms with Gasteiger partial charge in [0.05, 0.1) is 21.4 Å². The van der Waals surface area contributed by atoms with E-state index in [2.05, 4.69) is 27.9 Å². The van der Waals surface area contributed by atoms with E-state index in [-0.39, 0.29) is 5.91 Å². The Bertz CT molecular complexity index is 1040. The van der Waals surface area contributed by atoms with Crippen molar-refractivity contribution >= 4 is 57.4 Å². The number of carbonyl (C=O) groups is 1. The fourth-order valence-electron chi connectivity index (χ4n) is 2.62. The van der Waals surface area contributed by atoms with Gasteiger partial charge in [0.2, 0.25) is 0 Å². The van der Waals surface area contributed by atoms with Gasteiger partial charge in [-0.2, -0.15) is 0 Å². The number of rotatable bonds is 6. The molecule has 0 spiro atoms. The first-order valence-electron chi connectivity index (χ1n) is 8.69. The number of anilines is 1. The van der Waals surface area contributed by atoms with Gasteiger partial charge < -0.3 is 14.8 Å². The summed E-state index contributed by atoms with van der Waals surface area (Å²) in [6.07, 6.45) is 0. The molecule has 3 aromatic carbocycles. The van der Waals surface area contributed by atoms with Crippen LogP contribution < -0.4 is 14.8 Å². The number of aryl methyl sites for hydroxylation is 1. The van der Waals surface area contributed by atoms with Crippen LogP contribution in [0.2, 0.25) is 10.0 Å². The number of amides is 1. The lowest BCUT2D eigenvalue weighted by Crippen LogP contribution is -2.13. The number of benzene rings is 3. The highest BCUT2D eigenvalue weighted by atomic mass is 127. The molecule has 0 aliphatic rings. The monoisotopic (exact) mass is 541 g/mol. The molecule has 0 bridgehead atoms. The third-order valence-electron chi connectivity index (χ3n) is 4.17. The second-order valence-corrected chi connectivity index (χ2v) is 8.35. The summed E-state index contributed by atoms with van der Waals surface area (Å²) in [5, 5.41) is 3.65. The van der Waals surface area contributed by atoms with Crippen LogP contribution in [0.5, 0.6) is 11.5 Å². The van der Waals surface area contributed by atoms with E-state index in [1.165, 1.54) is 5.56 Å². The van der Waals surface area contributed by atoms with Gasteiger partial charge >= 0.3 is 0 Å². The molecule has 0 aliphatic heterocycles. The molecule has 150 valence electrons. The highest BCUT2D eigenvalue weighted by molar-refractivity contribution is 14.1. The molecule has 0 heterocycles. The molecule has 0 atom stereocenters. The Morgan fingerprint density at radius 2 is 1.79 bits per heavy atom. The van der Waals surface area contributed by atoms with Gasteiger partial charge in [0.25, 0.3) is 5.91 Å². The lowest BCUT2D eigenvalue weighted by Gasteiger charge is -2.15. The zero-order valence-corrected chi connectivity index (χ0v) is 19.4. The Morgan fingerprint density at radius 3 is 2.45 bits per heavy atom. The third-order valence-corrected chi connectivity index (χ3v) is 5.52. The summed E-state index contributed by atoms with van der Waals surface area (Å²) in [6, 6.07) is 16.4. The number of methoxy groups -OCH3 is 1. The maximum absolute atomic E-state index is 12.7. The lowest BCUT2D eigenvalue weighted by atomic mass is 10.1. The summed E-state index contributed by atoms with van der Waals surface area (Å²) in [7, 11) is 1.54. The minimum absolute atomic E-state index is 0.310. The van der Waals surface area contributed by atoms with Crippen LogP contribution in [0, 0.1) is 10.5 Å². The van der Waals surface area contributed by atoms with Crippen molar-refractivity contribution in [3.8, 4) is 11.5 Å². The molecule has 3 rings (SSSR count). The minimum Gasteiger partial charge on any atom is -0.493 e. The maximum atomic E-state index is 12.7. The number of nitrogens with one attached hydrogen (secondary N) is 1. The summed E-state index contributed by atoms with van der Waals surface area (Å²) < 4.78 is 12.2. The molecular formula is C22H18Cl2INO3. The van der Waals surface area contributed by atoms with Crippen molar-refractivity contribution in [1.29, 1.82) is 0 Å². The van der Waals surface area contributed by atoms with Gasteiger partial charge in [-0.3, -0.25) is 4.79 Å². The summed E-state index contributed by atoms with van der Waals surface area (Å²) in [5.41, 5.74) is 3.15. The average molecular weight is 542 g/mol. The van der Waals surface area contributed by atoms with E-state index in [1.54, 1.807) is 37.4 Å². The average Bonchev–Trinajstić information content (AvgIpc) is 2.69. The normalized spacial score (nSPS) is 10.5. The molecule has 4 nitrogen and oxygen atoms in total. The molecule has 1 amide bonds. The van der Waals surface area contributed by atoms with Crippen molar-refractivity contribution < 1.29 is 14.3 Å². The molecule has 7 heteroatoms. The van der Waals surface area contributed by atoms with Crippen molar-refractivity contribution in [3.63, 3.8) is 0 Å². The van der Waals surface area contributed by atoms with Gasteiger partial charge in [-0.15, -0.1) is 0 Å². The van der Waals surface area contributed by atoms with Crippen LogP contribution in [0.4, 0.5) is 5.69 Å². The van der Waals surface area contributed by atoms with E-state index >= 15 is 0 Å². The molecule has 3 aromatic rings. The highest BCUT2D eigenvalue weighted by Gasteiger charge is 2.17. The van der Waals surface area contributed by atoms with Crippen LogP contribution in [-0.2, 0) is 6.61 Å². The van der Waals surface area contributed by atoms with Crippen LogP contribution in [0.1, 0.15) is 21.5 Å². The van der Waals surface area contributed by atoms with Gasteiger partial charge in [0, 0.05) is 10.6 Å². The Labute approximate surface area is 193 Å². The molecule has 0 saturated heterocycles. The van der Waals surface area contributed by atoms with E-state index < -0.39 is 0 Å². The second kappa shape index (κ2) is 9.69. The molecule has 0 radical (unpaired) electrons. The fraction of sp³-hybridized carbons (Fsp3) is 0.136. The van der Waals surface area contributed by atoms with Crippen LogP contribution in [0.25, 0.3) is 0 Å². The minimum atomic E-state index is -0.310. The molecule has 0 aromatic heterocycles. The fourth-order valence-corrected chi connectivity index (χ4v) is 3.83. The number of hydrogen-bond acceptors (Lipinski definition) is 3. The maximum Gasteiger partial charge on any atom is 0.255 e. The third kappa shape index (κ3) is 5.56. The van der Waals surface area contributed by atoms with Crippen LogP contribution >= 0.6 is 45.8 Å². The van der Waals surface area contributed by atoms with Crippen molar-refractivity contribution in [2.75, 3.05) is 12.4 Å². The zero-order chi connectivity index (χ0) is 21.0. The second-order valence-electron chi connectivity index (χ2n) is 6.34. The van der Waals surface area contributed by atoms with Gasteiger partial charge in [-0.05, 0) is 65.4 Å². The van der Waals surface area contributed by atoms with Crippen LogP contribution in [0.3, 0.4) is 0 Å². The Balaban J connectivity index is 1.79. The van der Waals surface area contributed by atoms with E-state index in [0.717, 1.165) is 9.13 Å². The SMILES string of the molecule is COc1cc(C(=O)Nc2ccc(Cl)cc2Cl)cc(I)c1OCc1ccc(C)cc1. The molecular weight excluding hydrogens is 524 g/mol. The number of ether oxygens (including phenoxy) is 2. The van der Waals surface area contributed by atoms with Crippen molar-refractivity contribution in [2.45, 2.75) is 13.5 Å². The molecule has 29 heavy (non-hydrogen) atoms. The summed E-state index contributed by atoms with van der Waals surface area (Å²) in [6.45, 7) is 2.44. The Hall–Kier alpha value is -1.96. The number of carbonyl (C=O) groups excluding carboxylic acids is 1. The molecule has 0 fully saturated rings. The Kier molecular flexibility index (Phi) is 7.27. The van der Waals surface area contributed by atoms with Gasteiger partial charge in [0.15, 0.2) is 11.5 Å². The van der Waals surface area contributed by atoms with E-state index in [4.69, 9.17) is 32.7 Å². The first kappa shape index (κ1) is 21.7. The van der Waals surface area contributed by atoms with Crippen LogP contribution in [-0.4, -0.2) is 13.0 Å². The standard InChI is InChI=1S/C22H18Cl2INO3/c1-13-3-5-14(6-4-13)12-29-21-18(25)9-15(10-20(21)28-2)22(27)26-19-8-7-16(23)11-17(19)24/h3-11H,12H2,1-2H3,(H,26,27). The molecule has 1 N–H and O–H groups in total. The van der Waals surface area contributed by atoms with Crippen molar-refractivity contribution in [2.24, 2.45) is 0 Å². The van der Waals surface area contributed by atoms with Gasteiger partial charge in [0.1, 0.15) is 6.61 Å². The number of halogens is 3. The summed E-state index contributed by atoms with van der Waals surface area (Å²) >= 11 is 14.2. The van der Waals surface area contributed by atoms with Crippen molar-refractivity contribution in [1.82, 2.24) is 0 Å². The zero-order valence-electron chi connectivity index (χ0n) is 15.8. The summed E-state index contributed by atoms with van der Waals surface area (Å²) in [5.74, 6) is 0.765. The van der Waals surface area contributed by atoms with E-state index in [1.807, 2.05) is 31.2 Å². The Morgan fingerprint density at radius 1 is 1.07 bits per heavy atom. The van der Waals surface area contributed by atoms with Crippen LogP contribution in [0.15, 0.2) is 54.6 Å².